The Morgan fingerprint density at radius 3 is 2.06 bits per heavy atom. The fraction of sp³-hybridized carbons (Fsp3) is 0.400. The molecule has 0 aromatic heterocycles. The van der Waals surface area contributed by atoms with Gasteiger partial charge >= 0.3 is 12.4 Å². The Bertz CT molecular complexity index is 423. The SMILES string of the molecule is COc1ccc(C(F)(F)F)cc1[C@@H](O)C(F)(F)F. The molecule has 1 aromatic carbocycles. The number of ether oxygens (including phenoxy) is 1. The number of methoxy groups -OCH3 is 1. The molecule has 0 spiro atoms. The summed E-state index contributed by atoms with van der Waals surface area (Å²) in [7, 11) is 0.995. The van der Waals surface area contributed by atoms with E-state index >= 15 is 0 Å². The topological polar surface area (TPSA) is 29.5 Å². The van der Waals surface area contributed by atoms with E-state index in [9.17, 15) is 26.3 Å². The first-order chi connectivity index (χ1) is 8.07. The van der Waals surface area contributed by atoms with Gasteiger partial charge in [-0.25, -0.2) is 0 Å². The van der Waals surface area contributed by atoms with Crippen LogP contribution in [0.2, 0.25) is 0 Å². The van der Waals surface area contributed by atoms with Gasteiger partial charge in [-0.1, -0.05) is 0 Å². The van der Waals surface area contributed by atoms with Gasteiger partial charge in [-0.15, -0.1) is 0 Å². The third-order valence-electron chi connectivity index (χ3n) is 2.16. The van der Waals surface area contributed by atoms with Crippen molar-refractivity contribution in [2.75, 3.05) is 7.11 Å². The summed E-state index contributed by atoms with van der Waals surface area (Å²) < 4.78 is 78.5. The summed E-state index contributed by atoms with van der Waals surface area (Å²) in [4.78, 5) is 0. The first-order valence-corrected chi connectivity index (χ1v) is 4.57. The van der Waals surface area contributed by atoms with Crippen LogP contribution in [0.15, 0.2) is 18.2 Å². The number of aliphatic hydroxyl groups is 1. The first kappa shape index (κ1) is 14.6. The van der Waals surface area contributed by atoms with Gasteiger partial charge < -0.3 is 9.84 Å². The van der Waals surface area contributed by atoms with Crippen LogP contribution in [0.5, 0.6) is 5.75 Å². The normalized spacial score (nSPS) is 14.4. The second-order valence-corrected chi connectivity index (χ2v) is 3.40. The minimum atomic E-state index is -5.07. The number of benzene rings is 1. The van der Waals surface area contributed by atoms with Gasteiger partial charge in [0, 0.05) is 5.56 Å². The maximum Gasteiger partial charge on any atom is 0.418 e. The molecule has 1 atom stereocenters. The monoisotopic (exact) mass is 274 g/mol. The Hall–Kier alpha value is -1.44. The summed E-state index contributed by atoms with van der Waals surface area (Å²) in [5, 5.41) is 8.99. The standard InChI is InChI=1S/C10H8F6O2/c1-18-7-3-2-5(9(11,12)13)4-6(7)8(17)10(14,15)16/h2-4,8,17H,1H3/t8-/m1/s1. The number of hydrogen-bond donors (Lipinski definition) is 1. The van der Waals surface area contributed by atoms with Crippen molar-refractivity contribution in [3.8, 4) is 5.75 Å². The molecule has 1 rings (SSSR count). The lowest BCUT2D eigenvalue weighted by Gasteiger charge is -2.19. The Labute approximate surface area is 97.8 Å². The fourth-order valence-corrected chi connectivity index (χ4v) is 1.30. The number of halogens is 6. The number of alkyl halides is 6. The summed E-state index contributed by atoms with van der Waals surface area (Å²) in [6, 6.07) is 1.52. The molecular formula is C10H8F6O2. The Balaban J connectivity index is 3.31. The van der Waals surface area contributed by atoms with Crippen molar-refractivity contribution in [3.05, 3.63) is 29.3 Å². The molecule has 2 nitrogen and oxygen atoms in total. The molecule has 0 aliphatic rings. The van der Waals surface area contributed by atoms with E-state index in [-0.39, 0.29) is 6.07 Å². The molecular weight excluding hydrogens is 266 g/mol. The van der Waals surface area contributed by atoms with Gasteiger partial charge in [-0.2, -0.15) is 26.3 Å². The molecule has 0 aliphatic heterocycles. The predicted octanol–water partition coefficient (Wildman–Crippen LogP) is 3.31. The Morgan fingerprint density at radius 2 is 1.67 bits per heavy atom. The lowest BCUT2D eigenvalue weighted by atomic mass is 10.0. The van der Waals surface area contributed by atoms with Crippen LogP contribution in [0.25, 0.3) is 0 Å². The van der Waals surface area contributed by atoms with Crippen LogP contribution in [0, 0.1) is 0 Å². The summed E-state index contributed by atoms with van der Waals surface area (Å²) in [5.41, 5.74) is -2.26. The van der Waals surface area contributed by atoms with Gasteiger partial charge in [-0.05, 0) is 18.2 Å². The molecule has 1 N–H and O–H groups in total. The second-order valence-electron chi connectivity index (χ2n) is 3.40. The Kier molecular flexibility index (Phi) is 3.80. The van der Waals surface area contributed by atoms with Gasteiger partial charge in [0.1, 0.15) is 5.75 Å². The van der Waals surface area contributed by atoms with Crippen LogP contribution in [-0.2, 0) is 6.18 Å². The van der Waals surface area contributed by atoms with Gasteiger partial charge in [-0.3, -0.25) is 0 Å². The van der Waals surface area contributed by atoms with Crippen molar-refractivity contribution in [2.24, 2.45) is 0 Å². The molecule has 0 fully saturated rings. The smallest absolute Gasteiger partial charge is 0.418 e. The van der Waals surface area contributed by atoms with E-state index < -0.39 is 35.3 Å². The highest BCUT2D eigenvalue weighted by atomic mass is 19.4. The van der Waals surface area contributed by atoms with Gasteiger partial charge in [0.05, 0.1) is 12.7 Å². The van der Waals surface area contributed by atoms with E-state index in [4.69, 9.17) is 5.11 Å². The second kappa shape index (κ2) is 4.68. The molecule has 18 heavy (non-hydrogen) atoms. The molecule has 0 saturated heterocycles. The molecule has 0 radical (unpaired) electrons. The number of hydrogen-bond acceptors (Lipinski definition) is 2. The maximum absolute atomic E-state index is 12.4. The molecule has 102 valence electrons. The first-order valence-electron chi connectivity index (χ1n) is 4.57. The predicted molar refractivity (Wildman–Crippen MR) is 49.0 cm³/mol. The third kappa shape index (κ3) is 3.06. The average molecular weight is 274 g/mol. The summed E-state index contributed by atoms with van der Waals surface area (Å²) in [6.45, 7) is 0. The number of rotatable bonds is 2. The summed E-state index contributed by atoms with van der Waals surface area (Å²) in [6.07, 6.45) is -12.9. The van der Waals surface area contributed by atoms with Crippen LogP contribution in [0.4, 0.5) is 26.3 Å². The van der Waals surface area contributed by atoms with Crippen LogP contribution in [0.3, 0.4) is 0 Å². The van der Waals surface area contributed by atoms with Crippen LogP contribution >= 0.6 is 0 Å². The number of aliphatic hydroxyl groups excluding tert-OH is 1. The molecule has 1 aromatic rings. The molecule has 8 heteroatoms. The third-order valence-corrected chi connectivity index (χ3v) is 2.16. The minimum absolute atomic E-state index is 0.219. The van der Waals surface area contributed by atoms with E-state index in [2.05, 4.69) is 4.74 Å². The van der Waals surface area contributed by atoms with Crippen molar-refractivity contribution in [1.29, 1.82) is 0 Å². The summed E-state index contributed by atoms with van der Waals surface area (Å²) in [5.74, 6) is -0.465. The summed E-state index contributed by atoms with van der Waals surface area (Å²) >= 11 is 0. The van der Waals surface area contributed by atoms with E-state index in [1.165, 1.54) is 0 Å². The van der Waals surface area contributed by atoms with Gasteiger partial charge in [0.25, 0.3) is 0 Å². The molecule has 0 bridgehead atoms. The van der Waals surface area contributed by atoms with Crippen molar-refractivity contribution >= 4 is 0 Å². The zero-order chi connectivity index (χ0) is 14.1. The van der Waals surface area contributed by atoms with Crippen LogP contribution in [-0.4, -0.2) is 18.4 Å². The highest BCUT2D eigenvalue weighted by Crippen LogP contribution is 2.40. The largest absolute Gasteiger partial charge is 0.496 e. The highest BCUT2D eigenvalue weighted by molar-refractivity contribution is 5.40. The quantitative estimate of drug-likeness (QED) is 0.838. The van der Waals surface area contributed by atoms with Gasteiger partial charge in [0.15, 0.2) is 6.10 Å². The van der Waals surface area contributed by atoms with E-state index in [0.717, 1.165) is 13.2 Å². The average Bonchev–Trinajstić information content (AvgIpc) is 2.24. The van der Waals surface area contributed by atoms with Gasteiger partial charge in [0.2, 0.25) is 0 Å². The lowest BCUT2D eigenvalue weighted by molar-refractivity contribution is -0.207. The molecule has 0 unspecified atom stereocenters. The molecule has 0 amide bonds. The van der Waals surface area contributed by atoms with Crippen LogP contribution < -0.4 is 4.74 Å². The van der Waals surface area contributed by atoms with Crippen molar-refractivity contribution in [3.63, 3.8) is 0 Å². The highest BCUT2D eigenvalue weighted by Gasteiger charge is 2.42. The molecule has 0 saturated carbocycles. The molecule has 0 aliphatic carbocycles. The maximum atomic E-state index is 12.4. The van der Waals surface area contributed by atoms with E-state index in [0.29, 0.717) is 6.07 Å². The van der Waals surface area contributed by atoms with E-state index in [1.807, 2.05) is 0 Å². The lowest BCUT2D eigenvalue weighted by Crippen LogP contribution is -2.21. The van der Waals surface area contributed by atoms with Crippen molar-refractivity contribution in [1.82, 2.24) is 0 Å². The molecule has 0 heterocycles. The zero-order valence-electron chi connectivity index (χ0n) is 8.93. The fourth-order valence-electron chi connectivity index (χ4n) is 1.30. The van der Waals surface area contributed by atoms with Crippen LogP contribution in [0.1, 0.15) is 17.2 Å². The zero-order valence-corrected chi connectivity index (χ0v) is 8.93. The van der Waals surface area contributed by atoms with E-state index in [1.54, 1.807) is 0 Å². The Morgan fingerprint density at radius 1 is 1.11 bits per heavy atom. The van der Waals surface area contributed by atoms with Crippen molar-refractivity contribution in [2.45, 2.75) is 18.5 Å². The van der Waals surface area contributed by atoms with Crippen molar-refractivity contribution < 1.29 is 36.2 Å². The minimum Gasteiger partial charge on any atom is -0.496 e.